The molecule has 0 fully saturated rings. The van der Waals surface area contributed by atoms with Gasteiger partial charge in [-0.25, -0.2) is 13.6 Å². The zero-order valence-corrected chi connectivity index (χ0v) is 19.9. The molecule has 14 heteroatoms. The lowest BCUT2D eigenvalue weighted by Gasteiger charge is -2.12. The first-order valence-electron chi connectivity index (χ1n) is 10.3. The van der Waals surface area contributed by atoms with E-state index in [9.17, 15) is 33.4 Å². The van der Waals surface area contributed by atoms with Gasteiger partial charge in [-0.3, -0.25) is 25.0 Å². The molecule has 0 aliphatic carbocycles. The van der Waals surface area contributed by atoms with Gasteiger partial charge in [-0.05, 0) is 55.8 Å². The van der Waals surface area contributed by atoms with Gasteiger partial charge in [0, 0.05) is 23.5 Å². The van der Waals surface area contributed by atoms with E-state index in [1.165, 1.54) is 24.3 Å². The molecule has 0 atom stereocenters. The van der Waals surface area contributed by atoms with Gasteiger partial charge in [-0.15, -0.1) is 0 Å². The molecule has 36 heavy (non-hydrogen) atoms. The largest absolute Gasteiger partial charge is 0.494 e. The molecular weight excluding hydrogens is 494 g/mol. The van der Waals surface area contributed by atoms with Gasteiger partial charge >= 0.3 is 11.4 Å². The molecule has 188 valence electrons. The lowest BCUT2D eigenvalue weighted by Crippen LogP contribution is -2.16. The number of aryl methyl sites for hydroxylation is 1. The Morgan fingerprint density at radius 2 is 1.58 bits per heavy atom. The molecule has 0 unspecified atom stereocenters. The van der Waals surface area contributed by atoms with Gasteiger partial charge in [0.2, 0.25) is 10.0 Å². The number of benzene rings is 3. The first kappa shape index (κ1) is 26.1. The third-order valence-corrected chi connectivity index (χ3v) is 5.88. The van der Waals surface area contributed by atoms with Crippen molar-refractivity contribution >= 4 is 44.4 Å². The summed E-state index contributed by atoms with van der Waals surface area (Å²) in [6.45, 7) is 3.81. The standard InChI is InChI=1S/C22H21N5O8S/c1-3-35-16-7-5-15(6-8-16)24-21-19(26(29)30)10-14(11-20(21)27(31)32)22(28)25-18-12-17(36(23,33)34)9-4-13(18)2/h4-12,24H,3H2,1-2H3,(H,25,28)(H2,23,33,34). The highest BCUT2D eigenvalue weighted by Gasteiger charge is 2.29. The molecule has 0 aliphatic rings. The maximum absolute atomic E-state index is 12.9. The number of nitrogens with two attached hydrogens (primary N) is 1. The number of nitro benzene ring substituents is 2. The first-order valence-corrected chi connectivity index (χ1v) is 11.9. The minimum Gasteiger partial charge on any atom is -0.494 e. The number of hydrogen-bond donors (Lipinski definition) is 3. The molecular formula is C22H21N5O8S. The van der Waals surface area contributed by atoms with Crippen LogP contribution in [0.4, 0.5) is 28.4 Å². The summed E-state index contributed by atoms with van der Waals surface area (Å²) in [6.07, 6.45) is 0. The molecule has 0 bridgehead atoms. The van der Waals surface area contributed by atoms with Crippen LogP contribution in [-0.2, 0) is 10.0 Å². The van der Waals surface area contributed by atoms with E-state index in [0.717, 1.165) is 18.2 Å². The number of rotatable bonds is 9. The topological polar surface area (TPSA) is 197 Å². The van der Waals surface area contributed by atoms with Crippen molar-refractivity contribution in [3.63, 3.8) is 0 Å². The van der Waals surface area contributed by atoms with E-state index in [1.54, 1.807) is 26.0 Å². The second-order valence-electron chi connectivity index (χ2n) is 7.46. The fraction of sp³-hybridized carbons (Fsp3) is 0.136. The minimum atomic E-state index is -4.07. The van der Waals surface area contributed by atoms with Gasteiger partial charge < -0.3 is 15.4 Å². The van der Waals surface area contributed by atoms with Gasteiger partial charge in [-0.2, -0.15) is 0 Å². The zero-order chi connectivity index (χ0) is 26.6. The van der Waals surface area contributed by atoms with Crippen LogP contribution in [0.15, 0.2) is 59.5 Å². The normalized spacial score (nSPS) is 11.0. The van der Waals surface area contributed by atoms with Gasteiger partial charge in [0.25, 0.3) is 5.91 Å². The van der Waals surface area contributed by atoms with Gasteiger partial charge in [0.1, 0.15) is 5.75 Å². The smallest absolute Gasteiger partial charge is 0.300 e. The summed E-state index contributed by atoms with van der Waals surface area (Å²) in [7, 11) is -4.07. The van der Waals surface area contributed by atoms with Crippen LogP contribution in [0.2, 0.25) is 0 Å². The zero-order valence-electron chi connectivity index (χ0n) is 19.0. The van der Waals surface area contributed by atoms with Crippen LogP contribution in [-0.4, -0.2) is 30.8 Å². The van der Waals surface area contributed by atoms with Crippen molar-refractivity contribution < 1.29 is 27.8 Å². The number of anilines is 3. The molecule has 13 nitrogen and oxygen atoms in total. The summed E-state index contributed by atoms with van der Waals surface area (Å²) in [5.74, 6) is -0.385. The van der Waals surface area contributed by atoms with Crippen molar-refractivity contribution in [2.45, 2.75) is 18.7 Å². The van der Waals surface area contributed by atoms with E-state index in [1.807, 2.05) is 0 Å². The molecule has 1 amide bonds. The number of carbonyl (C=O) groups excluding carboxylic acids is 1. The third kappa shape index (κ3) is 5.92. The molecule has 0 saturated heterocycles. The highest BCUT2D eigenvalue weighted by atomic mass is 32.2. The fourth-order valence-corrected chi connectivity index (χ4v) is 3.75. The number of carbonyl (C=O) groups is 1. The van der Waals surface area contributed by atoms with Gasteiger partial charge in [-0.1, -0.05) is 6.07 Å². The van der Waals surface area contributed by atoms with Gasteiger partial charge in [0.15, 0.2) is 5.69 Å². The fourth-order valence-electron chi connectivity index (χ4n) is 3.21. The maximum Gasteiger partial charge on any atom is 0.300 e. The van der Waals surface area contributed by atoms with E-state index < -0.39 is 42.8 Å². The Labute approximate surface area is 205 Å². The van der Waals surface area contributed by atoms with E-state index in [-0.39, 0.29) is 16.1 Å². The SMILES string of the molecule is CCOc1ccc(Nc2c([N+](=O)[O-])cc(C(=O)Nc3cc(S(N)(=O)=O)ccc3C)cc2[N+](=O)[O-])cc1. The summed E-state index contributed by atoms with van der Waals surface area (Å²) in [5.41, 5.74) is -1.38. The number of primary sulfonamides is 1. The van der Waals surface area contributed by atoms with E-state index in [4.69, 9.17) is 9.88 Å². The van der Waals surface area contributed by atoms with Crippen molar-refractivity contribution in [1.29, 1.82) is 0 Å². The quantitative estimate of drug-likeness (QED) is 0.280. The molecule has 0 heterocycles. The Kier molecular flexibility index (Phi) is 7.50. The van der Waals surface area contributed by atoms with Gasteiger partial charge in [0.05, 0.1) is 26.9 Å². The second kappa shape index (κ2) is 10.4. The van der Waals surface area contributed by atoms with Crippen LogP contribution < -0.4 is 20.5 Å². The predicted octanol–water partition coefficient (Wildman–Crippen LogP) is 3.85. The van der Waals surface area contributed by atoms with Crippen molar-refractivity contribution in [3.8, 4) is 5.75 Å². The summed E-state index contributed by atoms with van der Waals surface area (Å²) in [5, 5.41) is 33.8. The van der Waals surface area contributed by atoms with E-state index in [0.29, 0.717) is 23.6 Å². The molecule has 0 aliphatic heterocycles. The van der Waals surface area contributed by atoms with Crippen LogP contribution in [0.1, 0.15) is 22.8 Å². The molecule has 3 aromatic rings. The summed E-state index contributed by atoms with van der Waals surface area (Å²) in [4.78, 5) is 34.5. The number of nitro groups is 2. The van der Waals surface area contributed by atoms with Crippen LogP contribution in [0.3, 0.4) is 0 Å². The Bertz CT molecular complexity index is 1420. The van der Waals surface area contributed by atoms with E-state index >= 15 is 0 Å². The summed E-state index contributed by atoms with van der Waals surface area (Å²) in [6, 6.07) is 11.8. The number of ether oxygens (including phenoxy) is 1. The predicted molar refractivity (Wildman–Crippen MR) is 131 cm³/mol. The molecule has 0 saturated carbocycles. The molecule has 0 spiro atoms. The first-order chi connectivity index (χ1) is 16.9. The van der Waals surface area contributed by atoms with Crippen LogP contribution in [0.5, 0.6) is 5.75 Å². The molecule has 0 aromatic heterocycles. The Morgan fingerprint density at radius 1 is 1.00 bits per heavy atom. The lowest BCUT2D eigenvalue weighted by atomic mass is 10.1. The third-order valence-electron chi connectivity index (χ3n) is 4.97. The number of hydrogen-bond acceptors (Lipinski definition) is 9. The summed E-state index contributed by atoms with van der Waals surface area (Å²) < 4.78 is 28.6. The summed E-state index contributed by atoms with van der Waals surface area (Å²) >= 11 is 0. The Morgan fingerprint density at radius 3 is 2.08 bits per heavy atom. The minimum absolute atomic E-state index is 0.0634. The van der Waals surface area contributed by atoms with Crippen molar-refractivity contribution in [3.05, 3.63) is 86.0 Å². The second-order valence-corrected chi connectivity index (χ2v) is 9.02. The number of sulfonamides is 1. The van der Waals surface area contributed by atoms with E-state index in [2.05, 4.69) is 10.6 Å². The molecule has 3 aromatic carbocycles. The highest BCUT2D eigenvalue weighted by Crippen LogP contribution is 2.38. The Hall–Kier alpha value is -4.56. The monoisotopic (exact) mass is 515 g/mol. The maximum atomic E-state index is 12.9. The average Bonchev–Trinajstić information content (AvgIpc) is 2.80. The molecule has 0 radical (unpaired) electrons. The lowest BCUT2D eigenvalue weighted by molar-refractivity contribution is -0.392. The molecule has 3 rings (SSSR count). The molecule has 4 N–H and O–H groups in total. The Balaban J connectivity index is 2.02. The van der Waals surface area contributed by atoms with Crippen LogP contribution in [0.25, 0.3) is 0 Å². The highest BCUT2D eigenvalue weighted by molar-refractivity contribution is 7.89. The van der Waals surface area contributed by atoms with Crippen LogP contribution in [0, 0.1) is 27.2 Å². The average molecular weight is 516 g/mol. The van der Waals surface area contributed by atoms with Crippen molar-refractivity contribution in [2.75, 3.05) is 17.2 Å². The van der Waals surface area contributed by atoms with Crippen molar-refractivity contribution in [2.24, 2.45) is 5.14 Å². The number of nitrogens with zero attached hydrogens (tertiary/aromatic N) is 2. The van der Waals surface area contributed by atoms with Crippen LogP contribution >= 0.6 is 0 Å². The van der Waals surface area contributed by atoms with Crippen molar-refractivity contribution in [1.82, 2.24) is 0 Å². The number of nitrogens with one attached hydrogen (secondary N) is 2. The number of amides is 1.